The van der Waals surface area contributed by atoms with E-state index < -0.39 is 10.0 Å². The zero-order chi connectivity index (χ0) is 17.0. The van der Waals surface area contributed by atoms with Gasteiger partial charge in [-0.2, -0.15) is 0 Å². The van der Waals surface area contributed by atoms with Crippen molar-refractivity contribution in [1.29, 1.82) is 0 Å². The molecular weight excluding hydrogens is 320 g/mol. The number of hydrogen-bond acceptors (Lipinski definition) is 3. The highest BCUT2D eigenvalue weighted by atomic mass is 32.2. The van der Waals surface area contributed by atoms with E-state index in [1.165, 1.54) is 25.7 Å². The van der Waals surface area contributed by atoms with Crippen molar-refractivity contribution in [3.8, 4) is 0 Å². The van der Waals surface area contributed by atoms with Crippen LogP contribution in [-0.2, 0) is 10.0 Å². The number of hydrogen-bond donors (Lipinski definition) is 1. The summed E-state index contributed by atoms with van der Waals surface area (Å²) < 4.78 is 27.7. The van der Waals surface area contributed by atoms with Gasteiger partial charge >= 0.3 is 0 Å². The van der Waals surface area contributed by atoms with Crippen LogP contribution in [0.4, 0.5) is 11.4 Å². The second-order valence-electron chi connectivity index (χ2n) is 6.32. The molecule has 0 unspecified atom stereocenters. The fraction of sp³-hybridized carbons (Fsp3) is 0.368. The Bertz CT molecular complexity index is 777. The Balaban J connectivity index is 1.75. The molecule has 0 aromatic heterocycles. The van der Waals surface area contributed by atoms with Crippen LogP contribution in [0.15, 0.2) is 53.4 Å². The van der Waals surface area contributed by atoms with Gasteiger partial charge in [-0.3, -0.25) is 4.72 Å². The normalized spacial score (nSPS) is 15.8. The highest BCUT2D eigenvalue weighted by Crippen LogP contribution is 2.24. The van der Waals surface area contributed by atoms with Crippen LogP contribution in [0, 0.1) is 6.92 Å². The van der Waals surface area contributed by atoms with Crippen LogP contribution >= 0.6 is 0 Å². The van der Waals surface area contributed by atoms with Crippen molar-refractivity contribution >= 4 is 21.4 Å². The lowest BCUT2D eigenvalue weighted by molar-refractivity contribution is 0.600. The molecule has 0 spiro atoms. The average molecular weight is 344 g/mol. The van der Waals surface area contributed by atoms with Crippen molar-refractivity contribution in [1.82, 2.24) is 0 Å². The summed E-state index contributed by atoms with van der Waals surface area (Å²) >= 11 is 0. The number of benzene rings is 2. The van der Waals surface area contributed by atoms with Crippen molar-refractivity contribution in [2.75, 3.05) is 22.7 Å². The van der Waals surface area contributed by atoms with Gasteiger partial charge in [-0.1, -0.05) is 31.0 Å². The molecule has 24 heavy (non-hydrogen) atoms. The number of rotatable bonds is 4. The Kier molecular flexibility index (Phi) is 5.09. The molecule has 1 N–H and O–H groups in total. The summed E-state index contributed by atoms with van der Waals surface area (Å²) in [7, 11) is -3.55. The van der Waals surface area contributed by atoms with Gasteiger partial charge in [0.2, 0.25) is 0 Å². The van der Waals surface area contributed by atoms with Crippen LogP contribution in [0.5, 0.6) is 0 Å². The molecular formula is C19H24N2O2S. The van der Waals surface area contributed by atoms with Crippen molar-refractivity contribution < 1.29 is 8.42 Å². The minimum absolute atomic E-state index is 0.321. The van der Waals surface area contributed by atoms with Gasteiger partial charge in [0.05, 0.1) is 4.90 Å². The van der Waals surface area contributed by atoms with E-state index in [0.29, 0.717) is 10.6 Å². The molecule has 1 aliphatic rings. The summed E-state index contributed by atoms with van der Waals surface area (Å²) in [6.45, 7) is 3.96. The van der Waals surface area contributed by atoms with Crippen molar-refractivity contribution in [2.45, 2.75) is 37.5 Å². The van der Waals surface area contributed by atoms with E-state index in [1.54, 1.807) is 25.1 Å². The predicted octanol–water partition coefficient (Wildman–Crippen LogP) is 4.18. The summed E-state index contributed by atoms with van der Waals surface area (Å²) in [5.41, 5.74) is 2.50. The monoisotopic (exact) mass is 344 g/mol. The Morgan fingerprint density at radius 1 is 0.875 bits per heavy atom. The molecule has 0 bridgehead atoms. The van der Waals surface area contributed by atoms with Crippen molar-refractivity contribution in [3.63, 3.8) is 0 Å². The molecule has 2 aromatic rings. The molecule has 3 rings (SSSR count). The number of nitrogens with zero attached hydrogens (tertiary/aromatic N) is 1. The van der Waals surface area contributed by atoms with Gasteiger partial charge in [0.1, 0.15) is 0 Å². The third-order valence-electron chi connectivity index (χ3n) is 4.47. The van der Waals surface area contributed by atoms with Gasteiger partial charge < -0.3 is 4.90 Å². The molecule has 1 aliphatic heterocycles. The molecule has 1 fully saturated rings. The maximum atomic E-state index is 12.5. The van der Waals surface area contributed by atoms with E-state index in [1.807, 2.05) is 30.3 Å². The van der Waals surface area contributed by atoms with Crippen LogP contribution in [0.2, 0.25) is 0 Å². The second kappa shape index (κ2) is 7.26. The minimum atomic E-state index is -3.55. The van der Waals surface area contributed by atoms with E-state index in [-0.39, 0.29) is 0 Å². The third kappa shape index (κ3) is 3.90. The second-order valence-corrected chi connectivity index (χ2v) is 7.97. The summed E-state index contributed by atoms with van der Waals surface area (Å²) in [5, 5.41) is 0. The Morgan fingerprint density at radius 2 is 1.50 bits per heavy atom. The predicted molar refractivity (Wildman–Crippen MR) is 99.1 cm³/mol. The topological polar surface area (TPSA) is 49.4 Å². The van der Waals surface area contributed by atoms with Crippen LogP contribution in [0.1, 0.15) is 31.2 Å². The number of aryl methyl sites for hydroxylation is 1. The molecule has 5 heteroatoms. The summed E-state index contributed by atoms with van der Waals surface area (Å²) in [6, 6.07) is 14.7. The SMILES string of the molecule is Cc1ccccc1S(=O)(=O)Nc1ccc(N2CCCCCC2)cc1. The van der Waals surface area contributed by atoms with E-state index in [4.69, 9.17) is 0 Å². The fourth-order valence-corrected chi connectivity index (χ4v) is 4.44. The van der Waals surface area contributed by atoms with Crippen LogP contribution in [0.25, 0.3) is 0 Å². The highest BCUT2D eigenvalue weighted by Gasteiger charge is 2.16. The zero-order valence-electron chi connectivity index (χ0n) is 14.0. The van der Waals surface area contributed by atoms with Gasteiger partial charge in [-0.05, 0) is 55.7 Å². The molecule has 0 radical (unpaired) electrons. The van der Waals surface area contributed by atoms with Gasteiger partial charge in [0.25, 0.3) is 10.0 Å². The van der Waals surface area contributed by atoms with Gasteiger partial charge in [-0.25, -0.2) is 8.42 Å². The standard InChI is InChI=1S/C19H24N2O2S/c1-16-8-4-5-9-19(16)24(22,23)20-17-10-12-18(13-11-17)21-14-6-2-3-7-15-21/h4-5,8-13,20H,2-3,6-7,14-15H2,1H3. The van der Waals surface area contributed by atoms with Gasteiger partial charge in [0, 0.05) is 24.5 Å². The fourth-order valence-electron chi connectivity index (χ4n) is 3.14. The lowest BCUT2D eigenvalue weighted by atomic mass is 10.2. The number of sulfonamides is 1. The first-order chi connectivity index (χ1) is 11.6. The quantitative estimate of drug-likeness (QED) is 0.905. The summed E-state index contributed by atoms with van der Waals surface area (Å²) in [4.78, 5) is 2.70. The maximum absolute atomic E-state index is 12.5. The van der Waals surface area contributed by atoms with E-state index >= 15 is 0 Å². The maximum Gasteiger partial charge on any atom is 0.262 e. The van der Waals surface area contributed by atoms with E-state index in [2.05, 4.69) is 9.62 Å². The Morgan fingerprint density at radius 3 is 2.12 bits per heavy atom. The van der Waals surface area contributed by atoms with Crippen LogP contribution < -0.4 is 9.62 Å². The average Bonchev–Trinajstić information content (AvgIpc) is 2.85. The largest absolute Gasteiger partial charge is 0.372 e. The molecule has 1 heterocycles. The summed E-state index contributed by atoms with van der Waals surface area (Å²) in [5.74, 6) is 0. The first-order valence-electron chi connectivity index (χ1n) is 8.50. The molecule has 4 nitrogen and oxygen atoms in total. The smallest absolute Gasteiger partial charge is 0.262 e. The zero-order valence-corrected chi connectivity index (χ0v) is 14.8. The lowest BCUT2D eigenvalue weighted by Crippen LogP contribution is -2.23. The number of nitrogens with one attached hydrogen (secondary N) is 1. The van der Waals surface area contributed by atoms with Crippen molar-refractivity contribution in [2.24, 2.45) is 0 Å². The van der Waals surface area contributed by atoms with Crippen LogP contribution in [0.3, 0.4) is 0 Å². The van der Waals surface area contributed by atoms with Gasteiger partial charge in [0.15, 0.2) is 0 Å². The van der Waals surface area contributed by atoms with E-state index in [9.17, 15) is 8.42 Å². The molecule has 128 valence electrons. The first kappa shape index (κ1) is 16.8. The van der Waals surface area contributed by atoms with Crippen molar-refractivity contribution in [3.05, 3.63) is 54.1 Å². The minimum Gasteiger partial charge on any atom is -0.372 e. The first-order valence-corrected chi connectivity index (χ1v) is 9.98. The third-order valence-corrected chi connectivity index (χ3v) is 6.02. The van der Waals surface area contributed by atoms with E-state index in [0.717, 1.165) is 24.3 Å². The van der Waals surface area contributed by atoms with Crippen LogP contribution in [-0.4, -0.2) is 21.5 Å². The molecule has 2 aromatic carbocycles. The lowest BCUT2D eigenvalue weighted by Gasteiger charge is -2.22. The van der Waals surface area contributed by atoms with Gasteiger partial charge in [-0.15, -0.1) is 0 Å². The Hall–Kier alpha value is -2.01. The number of anilines is 2. The molecule has 0 atom stereocenters. The molecule has 0 aliphatic carbocycles. The Labute approximate surface area is 144 Å². The molecule has 0 saturated carbocycles. The summed E-state index contributed by atoms with van der Waals surface area (Å²) in [6.07, 6.45) is 5.04. The molecule has 1 saturated heterocycles. The highest BCUT2D eigenvalue weighted by molar-refractivity contribution is 7.92. The molecule has 0 amide bonds.